The lowest BCUT2D eigenvalue weighted by Crippen LogP contribution is -2.66. The van der Waals surface area contributed by atoms with Crippen LogP contribution < -0.4 is 5.32 Å². The van der Waals surface area contributed by atoms with Gasteiger partial charge in [-0.1, -0.05) is 57.2 Å². The number of aromatic nitrogens is 1. The van der Waals surface area contributed by atoms with Crippen LogP contribution in [0.3, 0.4) is 0 Å². The molecule has 1 atom stereocenters. The third-order valence-corrected chi connectivity index (χ3v) is 5.81. The summed E-state index contributed by atoms with van der Waals surface area (Å²) in [6.07, 6.45) is -0.866. The van der Waals surface area contributed by atoms with E-state index in [0.717, 1.165) is 22.0 Å². The molecule has 1 unspecified atom stereocenters. The van der Waals surface area contributed by atoms with Gasteiger partial charge in [0.1, 0.15) is 0 Å². The van der Waals surface area contributed by atoms with Crippen molar-refractivity contribution >= 4 is 27.9 Å². The Morgan fingerprint density at radius 3 is 2.58 bits per heavy atom. The van der Waals surface area contributed by atoms with Gasteiger partial charge >= 0.3 is 6.09 Å². The number of carboxylic acid groups (broad SMARTS) is 1. The molecule has 5 nitrogen and oxygen atoms in total. The van der Waals surface area contributed by atoms with Crippen LogP contribution in [0.15, 0.2) is 42.5 Å². The number of amides is 1. The highest BCUT2D eigenvalue weighted by molar-refractivity contribution is 6.08. The fraction of sp³-hybridized carbons (Fsp3) is 0.381. The van der Waals surface area contributed by atoms with Gasteiger partial charge in [-0.05, 0) is 11.5 Å². The molecule has 1 fully saturated rings. The number of carbonyl (C=O) groups is 1. The van der Waals surface area contributed by atoms with Gasteiger partial charge in [0.2, 0.25) is 0 Å². The van der Waals surface area contributed by atoms with Crippen LogP contribution in [0, 0.1) is 5.41 Å². The highest BCUT2D eigenvalue weighted by Gasteiger charge is 2.52. The lowest BCUT2D eigenvalue weighted by Gasteiger charge is -2.54. The van der Waals surface area contributed by atoms with Gasteiger partial charge in [0.15, 0.2) is 0 Å². The number of rotatable bonds is 1. The summed E-state index contributed by atoms with van der Waals surface area (Å²) in [5, 5.41) is 15.7. The Morgan fingerprint density at radius 1 is 1.12 bits per heavy atom. The normalized spacial score (nSPS) is 21.4. The second-order valence-electron chi connectivity index (χ2n) is 8.12. The summed E-state index contributed by atoms with van der Waals surface area (Å²) < 4.78 is 0. The monoisotopic (exact) mass is 351 g/mol. The van der Waals surface area contributed by atoms with E-state index in [4.69, 9.17) is 0 Å². The van der Waals surface area contributed by atoms with Crippen molar-refractivity contribution in [1.82, 2.24) is 15.2 Å². The quantitative estimate of drug-likeness (QED) is 0.617. The molecule has 0 radical (unpaired) electrons. The molecular weight excluding hydrogens is 326 g/mol. The van der Waals surface area contributed by atoms with Crippen LogP contribution >= 0.6 is 0 Å². The first-order valence-electron chi connectivity index (χ1n) is 9.07. The molecule has 0 spiro atoms. The fourth-order valence-electron chi connectivity index (χ4n) is 4.54. The number of nitrogens with one attached hydrogen (secondary N) is 2. The van der Waals surface area contributed by atoms with Crippen LogP contribution in [0.5, 0.6) is 0 Å². The third kappa shape index (κ3) is 2.23. The van der Waals surface area contributed by atoms with E-state index in [1.807, 2.05) is 18.2 Å². The van der Waals surface area contributed by atoms with Gasteiger partial charge in [-0.25, -0.2) is 4.79 Å². The lowest BCUT2D eigenvalue weighted by atomic mass is 9.67. The van der Waals surface area contributed by atoms with E-state index in [1.54, 1.807) is 4.90 Å². The van der Waals surface area contributed by atoms with Crippen molar-refractivity contribution in [2.75, 3.05) is 19.6 Å². The Kier molecular flexibility index (Phi) is 3.74. The maximum atomic E-state index is 12.2. The van der Waals surface area contributed by atoms with E-state index in [2.05, 4.69) is 55.3 Å². The SMILES string of the molecule is CC(C)(C)C1(c2cccc3c2[nH]c2ccccc23)CNCCN1C(=O)O. The number of hydrogen-bond donors (Lipinski definition) is 3. The minimum atomic E-state index is -0.866. The molecule has 0 bridgehead atoms. The molecule has 4 rings (SSSR count). The second-order valence-corrected chi connectivity index (χ2v) is 8.12. The topological polar surface area (TPSA) is 68.4 Å². The van der Waals surface area contributed by atoms with Crippen molar-refractivity contribution in [2.24, 2.45) is 5.41 Å². The summed E-state index contributed by atoms with van der Waals surface area (Å²) in [6, 6.07) is 14.4. The Labute approximate surface area is 153 Å². The van der Waals surface area contributed by atoms with Crippen molar-refractivity contribution in [2.45, 2.75) is 26.3 Å². The number of H-pyrrole nitrogens is 1. The summed E-state index contributed by atoms with van der Waals surface area (Å²) in [6.45, 7) is 8.11. The molecular formula is C21H25N3O2. The summed E-state index contributed by atoms with van der Waals surface area (Å²) in [5.41, 5.74) is 2.19. The van der Waals surface area contributed by atoms with E-state index in [1.165, 1.54) is 5.39 Å². The van der Waals surface area contributed by atoms with Gasteiger partial charge in [-0.2, -0.15) is 0 Å². The first-order chi connectivity index (χ1) is 12.4. The second kappa shape index (κ2) is 5.74. The molecule has 3 aromatic rings. The standard InChI is InChI=1S/C21H25N3O2/c1-20(2,3)21(13-22-11-12-24(21)19(25)26)16-9-6-8-15-14-7-4-5-10-17(14)23-18(15)16/h4-10,22-23H,11-13H2,1-3H3,(H,25,26). The smallest absolute Gasteiger partial charge is 0.408 e. The maximum absolute atomic E-state index is 12.2. The van der Waals surface area contributed by atoms with Crippen molar-refractivity contribution in [1.29, 1.82) is 0 Å². The average molecular weight is 351 g/mol. The van der Waals surface area contributed by atoms with E-state index in [0.29, 0.717) is 19.6 Å². The highest BCUT2D eigenvalue weighted by Crippen LogP contribution is 2.47. The van der Waals surface area contributed by atoms with Gasteiger partial charge in [-0.15, -0.1) is 0 Å². The van der Waals surface area contributed by atoms with E-state index < -0.39 is 11.6 Å². The average Bonchev–Trinajstić information content (AvgIpc) is 2.99. The first-order valence-corrected chi connectivity index (χ1v) is 9.07. The van der Waals surface area contributed by atoms with Crippen LogP contribution in [0.2, 0.25) is 0 Å². The molecule has 1 amide bonds. The molecule has 0 aliphatic carbocycles. The van der Waals surface area contributed by atoms with Crippen molar-refractivity contribution in [3.63, 3.8) is 0 Å². The summed E-state index contributed by atoms with van der Waals surface area (Å²) in [5.74, 6) is 0. The summed E-state index contributed by atoms with van der Waals surface area (Å²) in [7, 11) is 0. The van der Waals surface area contributed by atoms with Crippen LogP contribution in [0.25, 0.3) is 21.8 Å². The van der Waals surface area contributed by atoms with Gasteiger partial charge in [0, 0.05) is 41.5 Å². The number of para-hydroxylation sites is 2. The number of piperazine rings is 1. The number of hydrogen-bond acceptors (Lipinski definition) is 2. The van der Waals surface area contributed by atoms with Crippen LogP contribution in [0.1, 0.15) is 26.3 Å². The predicted molar refractivity (Wildman–Crippen MR) is 105 cm³/mol. The molecule has 136 valence electrons. The summed E-state index contributed by atoms with van der Waals surface area (Å²) >= 11 is 0. The number of fused-ring (bicyclic) bond motifs is 3. The Hall–Kier alpha value is -2.53. The lowest BCUT2D eigenvalue weighted by molar-refractivity contribution is -0.0174. The molecule has 5 heteroatoms. The van der Waals surface area contributed by atoms with E-state index in [9.17, 15) is 9.90 Å². The van der Waals surface area contributed by atoms with Gasteiger partial charge < -0.3 is 15.4 Å². The van der Waals surface area contributed by atoms with Crippen molar-refractivity contribution in [3.8, 4) is 0 Å². The largest absolute Gasteiger partial charge is 0.465 e. The number of aromatic amines is 1. The summed E-state index contributed by atoms with van der Waals surface area (Å²) in [4.78, 5) is 17.4. The first kappa shape index (κ1) is 16.9. The zero-order chi connectivity index (χ0) is 18.5. The van der Waals surface area contributed by atoms with Gasteiger partial charge in [0.25, 0.3) is 0 Å². The van der Waals surface area contributed by atoms with E-state index >= 15 is 0 Å². The van der Waals surface area contributed by atoms with Crippen LogP contribution in [-0.4, -0.2) is 40.7 Å². The van der Waals surface area contributed by atoms with Crippen molar-refractivity contribution in [3.05, 3.63) is 48.0 Å². The van der Waals surface area contributed by atoms with Crippen molar-refractivity contribution < 1.29 is 9.90 Å². The zero-order valence-electron chi connectivity index (χ0n) is 15.5. The van der Waals surface area contributed by atoms with Crippen LogP contribution in [-0.2, 0) is 5.54 Å². The molecule has 26 heavy (non-hydrogen) atoms. The van der Waals surface area contributed by atoms with Gasteiger partial charge in [0.05, 0.1) is 11.1 Å². The molecule has 1 saturated heterocycles. The molecule has 3 N–H and O–H groups in total. The minimum absolute atomic E-state index is 0.287. The third-order valence-electron chi connectivity index (χ3n) is 5.81. The predicted octanol–water partition coefficient (Wildman–Crippen LogP) is 4.15. The molecule has 2 aromatic carbocycles. The Bertz CT molecular complexity index is 986. The van der Waals surface area contributed by atoms with Gasteiger partial charge in [-0.3, -0.25) is 4.90 Å². The zero-order valence-corrected chi connectivity index (χ0v) is 15.5. The molecule has 0 saturated carbocycles. The molecule has 2 heterocycles. The van der Waals surface area contributed by atoms with Crippen LogP contribution in [0.4, 0.5) is 4.79 Å². The Morgan fingerprint density at radius 2 is 1.85 bits per heavy atom. The minimum Gasteiger partial charge on any atom is -0.465 e. The molecule has 1 aromatic heterocycles. The molecule has 1 aliphatic rings. The number of benzene rings is 2. The van der Waals surface area contributed by atoms with E-state index in [-0.39, 0.29) is 5.41 Å². The molecule has 1 aliphatic heterocycles. The Balaban J connectivity index is 2.08. The maximum Gasteiger partial charge on any atom is 0.408 e. The highest BCUT2D eigenvalue weighted by atomic mass is 16.4. The fourth-order valence-corrected chi connectivity index (χ4v) is 4.54. The number of nitrogens with zero attached hydrogens (tertiary/aromatic N) is 1.